The molecule has 1 aromatic carbocycles. The maximum absolute atomic E-state index is 13.2. The van der Waals surface area contributed by atoms with Gasteiger partial charge in [-0.05, 0) is 42.8 Å². The fraction of sp³-hybridized carbons (Fsp3) is 0.312. The highest BCUT2D eigenvalue weighted by Crippen LogP contribution is 2.14. The van der Waals surface area contributed by atoms with Gasteiger partial charge in [0.1, 0.15) is 11.6 Å². The van der Waals surface area contributed by atoms with Gasteiger partial charge in [0.05, 0.1) is 17.7 Å². The van der Waals surface area contributed by atoms with Gasteiger partial charge in [0, 0.05) is 20.0 Å². The van der Waals surface area contributed by atoms with Gasteiger partial charge >= 0.3 is 0 Å². The van der Waals surface area contributed by atoms with Crippen LogP contribution in [0.5, 0.6) is 0 Å². The van der Waals surface area contributed by atoms with Crippen molar-refractivity contribution < 1.29 is 22.0 Å². The summed E-state index contributed by atoms with van der Waals surface area (Å²) >= 11 is 0. The lowest BCUT2D eigenvalue weighted by Gasteiger charge is -2.20. The van der Waals surface area contributed by atoms with Crippen LogP contribution in [0.2, 0.25) is 0 Å². The Kier molecular flexibility index (Phi) is 5.74. The zero-order valence-corrected chi connectivity index (χ0v) is 14.3. The number of halogens is 1. The van der Waals surface area contributed by atoms with Gasteiger partial charge in [0.15, 0.2) is 0 Å². The number of hydrogen-bond donors (Lipinski definition) is 1. The second kappa shape index (κ2) is 7.59. The minimum absolute atomic E-state index is 0.0122. The minimum Gasteiger partial charge on any atom is -0.467 e. The van der Waals surface area contributed by atoms with E-state index in [9.17, 15) is 17.6 Å². The Morgan fingerprint density at radius 1 is 1.33 bits per heavy atom. The number of nitrogens with one attached hydrogen (secondary N) is 1. The Morgan fingerprint density at radius 2 is 2.08 bits per heavy atom. The lowest BCUT2D eigenvalue weighted by atomic mass is 10.2. The number of hydrogen-bond acceptors (Lipinski definition) is 4. The number of rotatable bonds is 7. The van der Waals surface area contributed by atoms with E-state index < -0.39 is 15.8 Å². The molecule has 1 amide bonds. The van der Waals surface area contributed by atoms with E-state index in [0.29, 0.717) is 5.76 Å². The van der Waals surface area contributed by atoms with Crippen molar-refractivity contribution >= 4 is 15.9 Å². The number of carbonyl (C=O) groups excluding carboxylic acids is 1. The molecule has 2 aromatic rings. The summed E-state index contributed by atoms with van der Waals surface area (Å²) < 4.78 is 45.3. The number of carbonyl (C=O) groups is 1. The number of amides is 1. The van der Waals surface area contributed by atoms with Crippen molar-refractivity contribution in [3.05, 3.63) is 53.7 Å². The van der Waals surface area contributed by atoms with E-state index in [1.165, 1.54) is 37.1 Å². The monoisotopic (exact) mass is 354 g/mol. The number of aryl methyl sites for hydroxylation is 1. The van der Waals surface area contributed by atoms with Crippen molar-refractivity contribution in [2.75, 3.05) is 13.1 Å². The van der Waals surface area contributed by atoms with Crippen LogP contribution in [0.15, 0.2) is 45.9 Å². The van der Waals surface area contributed by atoms with Crippen LogP contribution in [0.3, 0.4) is 0 Å². The number of benzene rings is 1. The van der Waals surface area contributed by atoms with Gasteiger partial charge in [-0.3, -0.25) is 4.79 Å². The molecule has 0 bridgehead atoms. The molecular weight excluding hydrogens is 335 g/mol. The molecule has 24 heavy (non-hydrogen) atoms. The Balaban J connectivity index is 1.97. The van der Waals surface area contributed by atoms with Crippen LogP contribution in [0.1, 0.15) is 18.2 Å². The van der Waals surface area contributed by atoms with Gasteiger partial charge in [0.2, 0.25) is 15.9 Å². The minimum atomic E-state index is -3.76. The van der Waals surface area contributed by atoms with Crippen molar-refractivity contribution in [2.45, 2.75) is 25.3 Å². The highest BCUT2D eigenvalue weighted by atomic mass is 32.2. The molecule has 0 aliphatic carbocycles. The number of nitrogens with zero attached hydrogens (tertiary/aromatic N) is 1. The molecule has 8 heteroatoms. The topological polar surface area (TPSA) is 79.6 Å². The first-order valence-electron chi connectivity index (χ1n) is 7.33. The molecule has 0 atom stereocenters. The van der Waals surface area contributed by atoms with Crippen LogP contribution < -0.4 is 4.72 Å². The van der Waals surface area contributed by atoms with Gasteiger partial charge < -0.3 is 9.32 Å². The van der Waals surface area contributed by atoms with Crippen LogP contribution in [0.4, 0.5) is 4.39 Å². The van der Waals surface area contributed by atoms with Crippen LogP contribution in [0, 0.1) is 12.7 Å². The van der Waals surface area contributed by atoms with Crippen molar-refractivity contribution in [1.29, 1.82) is 0 Å². The van der Waals surface area contributed by atoms with Crippen molar-refractivity contribution in [1.82, 2.24) is 9.62 Å². The molecule has 0 aliphatic rings. The smallest absolute Gasteiger partial charge is 0.240 e. The molecule has 0 fully saturated rings. The first-order valence-corrected chi connectivity index (χ1v) is 8.81. The third-order valence-corrected chi connectivity index (χ3v) is 4.94. The van der Waals surface area contributed by atoms with Gasteiger partial charge in [-0.1, -0.05) is 0 Å². The summed E-state index contributed by atoms with van der Waals surface area (Å²) in [5.74, 6) is -0.0411. The molecule has 0 radical (unpaired) electrons. The second-order valence-electron chi connectivity index (χ2n) is 5.33. The van der Waals surface area contributed by atoms with E-state index in [1.807, 2.05) is 0 Å². The largest absolute Gasteiger partial charge is 0.467 e. The zero-order valence-electron chi connectivity index (χ0n) is 13.5. The average Bonchev–Trinajstić information content (AvgIpc) is 3.01. The zero-order chi connectivity index (χ0) is 17.7. The fourth-order valence-corrected chi connectivity index (χ4v) is 3.23. The molecule has 1 heterocycles. The van der Waals surface area contributed by atoms with Gasteiger partial charge in [-0.2, -0.15) is 0 Å². The molecule has 130 valence electrons. The normalized spacial score (nSPS) is 11.5. The van der Waals surface area contributed by atoms with Crippen LogP contribution in [-0.2, 0) is 21.4 Å². The van der Waals surface area contributed by atoms with Crippen LogP contribution in [0.25, 0.3) is 0 Å². The van der Waals surface area contributed by atoms with Gasteiger partial charge in [-0.25, -0.2) is 17.5 Å². The quantitative estimate of drug-likeness (QED) is 0.825. The van der Waals surface area contributed by atoms with Gasteiger partial charge in [-0.15, -0.1) is 0 Å². The maximum Gasteiger partial charge on any atom is 0.240 e. The fourth-order valence-electron chi connectivity index (χ4n) is 2.12. The molecule has 0 unspecified atom stereocenters. The van der Waals surface area contributed by atoms with Crippen molar-refractivity contribution in [2.24, 2.45) is 0 Å². The first kappa shape index (κ1) is 18.2. The molecule has 0 saturated heterocycles. The summed E-state index contributed by atoms with van der Waals surface area (Å²) in [6.45, 7) is 3.39. The van der Waals surface area contributed by atoms with E-state index >= 15 is 0 Å². The molecule has 0 aliphatic heterocycles. The van der Waals surface area contributed by atoms with E-state index in [1.54, 1.807) is 12.1 Å². The first-order chi connectivity index (χ1) is 11.3. The predicted molar refractivity (Wildman–Crippen MR) is 86.1 cm³/mol. The molecule has 2 rings (SSSR count). The second-order valence-corrected chi connectivity index (χ2v) is 7.10. The third kappa shape index (κ3) is 4.65. The lowest BCUT2D eigenvalue weighted by molar-refractivity contribution is -0.129. The summed E-state index contributed by atoms with van der Waals surface area (Å²) in [6, 6.07) is 7.04. The van der Waals surface area contributed by atoms with E-state index in [4.69, 9.17) is 4.42 Å². The Bertz CT molecular complexity index is 803. The van der Waals surface area contributed by atoms with E-state index in [2.05, 4.69) is 4.72 Å². The van der Waals surface area contributed by atoms with Gasteiger partial charge in [0.25, 0.3) is 0 Å². The molecular formula is C16H19FN2O4S. The highest BCUT2D eigenvalue weighted by molar-refractivity contribution is 7.89. The average molecular weight is 354 g/mol. The summed E-state index contributed by atoms with van der Waals surface area (Å²) in [4.78, 5) is 13.1. The number of sulfonamides is 1. The van der Waals surface area contributed by atoms with Crippen molar-refractivity contribution in [3.63, 3.8) is 0 Å². The standard InChI is InChI=1S/C16H19FN2O4S/c1-12-10-15(5-6-16(12)17)24(21,22)18-7-8-19(13(2)20)11-14-4-3-9-23-14/h3-6,9-10,18H,7-8,11H2,1-2H3. The SMILES string of the molecule is CC(=O)N(CCNS(=O)(=O)c1ccc(F)c(C)c1)Cc1ccco1. The Morgan fingerprint density at radius 3 is 2.67 bits per heavy atom. The van der Waals surface area contributed by atoms with Crippen LogP contribution >= 0.6 is 0 Å². The van der Waals surface area contributed by atoms with E-state index in [0.717, 1.165) is 6.07 Å². The molecule has 1 aromatic heterocycles. The molecule has 0 saturated carbocycles. The Labute approximate surface area is 140 Å². The summed E-state index contributed by atoms with van der Waals surface area (Å²) in [5.41, 5.74) is 0.251. The Hall–Kier alpha value is -2.19. The summed E-state index contributed by atoms with van der Waals surface area (Å²) in [5, 5.41) is 0. The third-order valence-electron chi connectivity index (χ3n) is 3.49. The summed E-state index contributed by atoms with van der Waals surface area (Å²) in [7, 11) is -3.76. The molecule has 1 N–H and O–H groups in total. The maximum atomic E-state index is 13.2. The van der Waals surface area contributed by atoms with Crippen molar-refractivity contribution in [3.8, 4) is 0 Å². The highest BCUT2D eigenvalue weighted by Gasteiger charge is 2.17. The number of furan rings is 1. The van der Waals surface area contributed by atoms with E-state index in [-0.39, 0.29) is 36.0 Å². The predicted octanol–water partition coefficient (Wildman–Crippen LogP) is 2.05. The molecule has 6 nitrogen and oxygen atoms in total. The summed E-state index contributed by atoms with van der Waals surface area (Å²) in [6.07, 6.45) is 1.51. The lowest BCUT2D eigenvalue weighted by Crippen LogP contribution is -2.37. The molecule has 0 spiro atoms. The van der Waals surface area contributed by atoms with Crippen LogP contribution in [-0.4, -0.2) is 32.3 Å².